The largest absolute Gasteiger partial charge is 0.478 e. The number of aromatic carboxylic acids is 2. The van der Waals surface area contributed by atoms with Crippen LogP contribution in [0.1, 0.15) is 20.7 Å². The summed E-state index contributed by atoms with van der Waals surface area (Å²) in [4.78, 5) is 21.2. The molecule has 1 rings (SSSR count). The van der Waals surface area contributed by atoms with Crippen LogP contribution in [-0.2, 0) is 0 Å². The van der Waals surface area contributed by atoms with E-state index < -0.39 is 11.9 Å². The number of hydrogen-bond acceptors (Lipinski definition) is 4. The molecule has 0 saturated heterocycles. The van der Waals surface area contributed by atoms with Crippen molar-refractivity contribution in [2.45, 2.75) is 0 Å². The predicted molar refractivity (Wildman–Crippen MR) is 49.2 cm³/mol. The molecule has 1 aromatic rings. The standard InChI is InChI=1S/C8H8N2O4/c9-5-2-3(7(11)12)1-4(6(5)10)8(13)14/h1-2H,9-10H2,(H,11,12)(H,13,14). The summed E-state index contributed by atoms with van der Waals surface area (Å²) in [5.41, 5.74) is 10.0. The highest BCUT2D eigenvalue weighted by atomic mass is 16.4. The van der Waals surface area contributed by atoms with Crippen LogP contribution in [0.25, 0.3) is 0 Å². The first kappa shape index (κ1) is 9.85. The van der Waals surface area contributed by atoms with Gasteiger partial charge in [-0.2, -0.15) is 0 Å². The van der Waals surface area contributed by atoms with Crippen LogP contribution < -0.4 is 11.5 Å². The number of carbonyl (C=O) groups is 2. The van der Waals surface area contributed by atoms with Gasteiger partial charge in [0.1, 0.15) is 0 Å². The zero-order valence-electron chi connectivity index (χ0n) is 7.02. The third kappa shape index (κ3) is 1.58. The number of benzene rings is 1. The molecule has 6 nitrogen and oxygen atoms in total. The number of carboxylic acid groups (broad SMARTS) is 2. The lowest BCUT2D eigenvalue weighted by molar-refractivity contribution is 0.0696. The first-order valence-electron chi connectivity index (χ1n) is 3.59. The maximum atomic E-state index is 10.6. The quantitative estimate of drug-likeness (QED) is 0.502. The molecular formula is C8H8N2O4. The minimum absolute atomic E-state index is 0.0534. The summed E-state index contributed by atoms with van der Waals surface area (Å²) < 4.78 is 0. The van der Waals surface area contributed by atoms with E-state index >= 15 is 0 Å². The van der Waals surface area contributed by atoms with Crippen LogP contribution in [-0.4, -0.2) is 22.2 Å². The van der Waals surface area contributed by atoms with Crippen LogP contribution in [0.4, 0.5) is 11.4 Å². The lowest BCUT2D eigenvalue weighted by atomic mass is 10.1. The molecular weight excluding hydrogens is 188 g/mol. The van der Waals surface area contributed by atoms with E-state index in [1.54, 1.807) is 0 Å². The van der Waals surface area contributed by atoms with Crippen molar-refractivity contribution in [2.75, 3.05) is 11.5 Å². The SMILES string of the molecule is Nc1cc(C(=O)O)cc(C(=O)O)c1N. The molecule has 0 aliphatic rings. The Bertz CT molecular complexity index is 414. The highest BCUT2D eigenvalue weighted by Crippen LogP contribution is 2.22. The van der Waals surface area contributed by atoms with Gasteiger partial charge in [-0.05, 0) is 12.1 Å². The van der Waals surface area contributed by atoms with E-state index in [9.17, 15) is 9.59 Å². The van der Waals surface area contributed by atoms with Crippen molar-refractivity contribution in [1.29, 1.82) is 0 Å². The van der Waals surface area contributed by atoms with Gasteiger partial charge in [0, 0.05) is 0 Å². The summed E-state index contributed by atoms with van der Waals surface area (Å²) in [5.74, 6) is -2.56. The van der Waals surface area contributed by atoms with E-state index in [0.29, 0.717) is 0 Å². The topological polar surface area (TPSA) is 127 Å². The number of anilines is 2. The Morgan fingerprint density at radius 2 is 1.64 bits per heavy atom. The van der Waals surface area contributed by atoms with Gasteiger partial charge in [-0.1, -0.05) is 0 Å². The average molecular weight is 196 g/mol. The molecule has 0 spiro atoms. The van der Waals surface area contributed by atoms with Gasteiger partial charge in [-0.3, -0.25) is 0 Å². The molecule has 0 saturated carbocycles. The van der Waals surface area contributed by atoms with E-state index in [-0.39, 0.29) is 22.5 Å². The van der Waals surface area contributed by atoms with Crippen LogP contribution in [0.3, 0.4) is 0 Å². The molecule has 1 aromatic carbocycles. The van der Waals surface area contributed by atoms with Gasteiger partial charge in [-0.15, -0.1) is 0 Å². The third-order valence-electron chi connectivity index (χ3n) is 1.69. The monoisotopic (exact) mass is 196 g/mol. The first-order chi connectivity index (χ1) is 6.43. The molecule has 6 N–H and O–H groups in total. The fourth-order valence-corrected chi connectivity index (χ4v) is 0.976. The van der Waals surface area contributed by atoms with Crippen LogP contribution in [0.5, 0.6) is 0 Å². The molecule has 74 valence electrons. The molecule has 0 aromatic heterocycles. The van der Waals surface area contributed by atoms with Crippen LogP contribution >= 0.6 is 0 Å². The minimum Gasteiger partial charge on any atom is -0.478 e. The van der Waals surface area contributed by atoms with Gasteiger partial charge in [0.15, 0.2) is 0 Å². The van der Waals surface area contributed by atoms with E-state index in [1.807, 2.05) is 0 Å². The molecule has 0 bridgehead atoms. The minimum atomic E-state index is -1.31. The van der Waals surface area contributed by atoms with Crippen LogP contribution in [0.15, 0.2) is 12.1 Å². The molecule has 0 atom stereocenters. The zero-order chi connectivity index (χ0) is 10.9. The van der Waals surface area contributed by atoms with E-state index in [2.05, 4.69) is 0 Å². The van der Waals surface area contributed by atoms with Crippen molar-refractivity contribution < 1.29 is 19.8 Å². The Hall–Kier alpha value is -2.24. The van der Waals surface area contributed by atoms with Crippen LogP contribution in [0.2, 0.25) is 0 Å². The summed E-state index contributed by atoms with van der Waals surface area (Å²) >= 11 is 0. The third-order valence-corrected chi connectivity index (χ3v) is 1.69. The maximum absolute atomic E-state index is 10.6. The molecule has 0 fully saturated rings. The second-order valence-corrected chi connectivity index (χ2v) is 2.64. The molecule has 0 amide bonds. The fourth-order valence-electron chi connectivity index (χ4n) is 0.976. The zero-order valence-corrected chi connectivity index (χ0v) is 7.02. The Kier molecular flexibility index (Phi) is 2.29. The molecule has 0 heterocycles. The number of carboxylic acids is 2. The van der Waals surface area contributed by atoms with Gasteiger partial charge in [0.05, 0.1) is 22.5 Å². The lowest BCUT2D eigenvalue weighted by Crippen LogP contribution is -2.09. The van der Waals surface area contributed by atoms with Gasteiger partial charge in [0.2, 0.25) is 0 Å². The molecule has 14 heavy (non-hydrogen) atoms. The number of nitrogen functional groups attached to an aromatic ring is 2. The number of rotatable bonds is 2. The molecule has 0 radical (unpaired) electrons. The van der Waals surface area contributed by atoms with E-state index in [0.717, 1.165) is 12.1 Å². The second-order valence-electron chi connectivity index (χ2n) is 2.64. The van der Waals surface area contributed by atoms with Gasteiger partial charge >= 0.3 is 11.9 Å². The summed E-state index contributed by atoms with van der Waals surface area (Å²) in [7, 11) is 0. The van der Waals surface area contributed by atoms with Crippen molar-refractivity contribution in [3.63, 3.8) is 0 Å². The van der Waals surface area contributed by atoms with Gasteiger partial charge in [-0.25, -0.2) is 9.59 Å². The Labute approximate surface area is 78.8 Å². The Morgan fingerprint density at radius 3 is 2.07 bits per heavy atom. The first-order valence-corrected chi connectivity index (χ1v) is 3.59. The van der Waals surface area contributed by atoms with Crippen molar-refractivity contribution >= 4 is 23.3 Å². The Balaban J connectivity index is 3.43. The summed E-state index contributed by atoms with van der Waals surface area (Å²) in [6.45, 7) is 0. The fraction of sp³-hybridized carbons (Fsp3) is 0. The van der Waals surface area contributed by atoms with E-state index in [4.69, 9.17) is 21.7 Å². The molecule has 0 aliphatic heterocycles. The van der Waals surface area contributed by atoms with Crippen molar-refractivity contribution in [3.05, 3.63) is 23.3 Å². The van der Waals surface area contributed by atoms with Crippen LogP contribution in [0, 0.1) is 0 Å². The lowest BCUT2D eigenvalue weighted by Gasteiger charge is -2.05. The number of hydrogen-bond donors (Lipinski definition) is 4. The second kappa shape index (κ2) is 3.25. The summed E-state index contributed by atoms with van der Waals surface area (Å²) in [5, 5.41) is 17.3. The Morgan fingerprint density at radius 1 is 1.07 bits per heavy atom. The summed E-state index contributed by atoms with van der Waals surface area (Å²) in [6, 6.07) is 2.08. The van der Waals surface area contributed by atoms with Gasteiger partial charge < -0.3 is 21.7 Å². The van der Waals surface area contributed by atoms with Crippen molar-refractivity contribution in [2.24, 2.45) is 0 Å². The average Bonchev–Trinajstić information content (AvgIpc) is 2.08. The summed E-state index contributed by atoms with van der Waals surface area (Å²) in [6.07, 6.45) is 0. The highest BCUT2D eigenvalue weighted by Gasteiger charge is 2.14. The van der Waals surface area contributed by atoms with Gasteiger partial charge in [0.25, 0.3) is 0 Å². The normalized spacial score (nSPS) is 9.71. The molecule has 6 heteroatoms. The maximum Gasteiger partial charge on any atom is 0.337 e. The number of nitrogens with two attached hydrogens (primary N) is 2. The van der Waals surface area contributed by atoms with Crippen molar-refractivity contribution in [1.82, 2.24) is 0 Å². The molecule has 0 unspecified atom stereocenters. The predicted octanol–water partition coefficient (Wildman–Crippen LogP) is 0.247. The molecule has 0 aliphatic carbocycles. The van der Waals surface area contributed by atoms with Crippen molar-refractivity contribution in [3.8, 4) is 0 Å². The highest BCUT2D eigenvalue weighted by molar-refractivity contribution is 6.01. The smallest absolute Gasteiger partial charge is 0.337 e. The van der Waals surface area contributed by atoms with E-state index in [1.165, 1.54) is 0 Å².